The Labute approximate surface area is 103 Å². The molecule has 76 valence electrons. The van der Waals surface area contributed by atoms with Crippen LogP contribution < -0.4 is 0 Å². The Balaban J connectivity index is -0.000000178. The van der Waals surface area contributed by atoms with E-state index in [1.165, 1.54) is 5.56 Å². The van der Waals surface area contributed by atoms with E-state index in [0.717, 1.165) is 6.42 Å². The number of rotatable bonds is 1. The fourth-order valence-corrected chi connectivity index (χ4v) is 0.714. The van der Waals surface area contributed by atoms with E-state index in [0.29, 0.717) is 0 Å². The van der Waals surface area contributed by atoms with Crippen molar-refractivity contribution in [3.63, 3.8) is 0 Å². The molecule has 0 aromatic heterocycles. The zero-order valence-electron chi connectivity index (χ0n) is 8.91. The van der Waals surface area contributed by atoms with Crippen molar-refractivity contribution in [1.29, 1.82) is 0 Å². The molecule has 2 heteroatoms. The summed E-state index contributed by atoms with van der Waals surface area (Å²) in [6.07, 6.45) is 2.72. The maximum atomic E-state index is 4.08. The van der Waals surface area contributed by atoms with E-state index in [2.05, 4.69) is 43.8 Å². The standard InChI is InChI=1S/C8H10.C2H6.CH4S.W/c1-2-8-6-4-3-5-7-8;2*1-2;/h3-7H,2H2,1H3;1-2H3;2H,1H3;/p-1. The van der Waals surface area contributed by atoms with Gasteiger partial charge in [-0.3, -0.25) is 0 Å². The number of hydrogen-bond acceptors (Lipinski definition) is 1. The van der Waals surface area contributed by atoms with E-state index < -0.39 is 0 Å². The van der Waals surface area contributed by atoms with Crippen LogP contribution in [0, 0.1) is 0 Å². The largest absolute Gasteiger partial charge is 0.796 e. The third-order valence-electron chi connectivity index (χ3n) is 1.25. The Morgan fingerprint density at radius 3 is 1.62 bits per heavy atom. The summed E-state index contributed by atoms with van der Waals surface area (Å²) in [7, 11) is 0. The average molecular weight is 367 g/mol. The molecule has 0 amide bonds. The van der Waals surface area contributed by atoms with Gasteiger partial charge in [-0.2, -0.15) is 6.26 Å². The predicted octanol–water partition coefficient (Wildman–Crippen LogP) is 3.44. The molecule has 0 aliphatic rings. The Bertz CT molecular complexity index is 151. The van der Waals surface area contributed by atoms with Gasteiger partial charge in [-0.25, -0.2) is 0 Å². The van der Waals surface area contributed by atoms with Crippen LogP contribution in [-0.2, 0) is 40.1 Å². The number of hydrogen-bond donors (Lipinski definition) is 0. The molecule has 0 heterocycles. The summed E-state index contributed by atoms with van der Waals surface area (Å²) < 4.78 is 0. The fourth-order valence-electron chi connectivity index (χ4n) is 0.714. The van der Waals surface area contributed by atoms with Crippen LogP contribution in [0.5, 0.6) is 0 Å². The molecule has 0 nitrogen and oxygen atoms in total. The summed E-state index contributed by atoms with van der Waals surface area (Å²) in [6.45, 7) is 6.16. The van der Waals surface area contributed by atoms with Gasteiger partial charge in [0, 0.05) is 21.1 Å². The molecule has 1 rings (SSSR count). The average Bonchev–Trinajstić information content (AvgIpc) is 2.25. The van der Waals surface area contributed by atoms with Crippen molar-refractivity contribution in [2.45, 2.75) is 27.2 Å². The van der Waals surface area contributed by atoms with Crippen molar-refractivity contribution in [2.24, 2.45) is 0 Å². The monoisotopic (exact) mass is 367 g/mol. The van der Waals surface area contributed by atoms with Crippen molar-refractivity contribution >= 4 is 12.6 Å². The van der Waals surface area contributed by atoms with Crippen LogP contribution >= 0.6 is 0 Å². The van der Waals surface area contributed by atoms with Crippen LogP contribution in [0.1, 0.15) is 26.3 Å². The van der Waals surface area contributed by atoms with Gasteiger partial charge in [-0.05, 0) is 12.0 Å². The van der Waals surface area contributed by atoms with Crippen LogP contribution in [0.2, 0.25) is 0 Å². The maximum Gasteiger partial charge on any atom is 0 e. The van der Waals surface area contributed by atoms with Crippen LogP contribution in [-0.4, -0.2) is 6.26 Å². The van der Waals surface area contributed by atoms with Crippen LogP contribution in [0.4, 0.5) is 0 Å². The second-order valence-electron chi connectivity index (χ2n) is 1.84. The zero-order chi connectivity index (χ0) is 9.82. The van der Waals surface area contributed by atoms with Gasteiger partial charge >= 0.3 is 0 Å². The summed E-state index contributed by atoms with van der Waals surface area (Å²) in [5.74, 6) is 0. The fraction of sp³-hybridized carbons (Fsp3) is 0.455. The molecule has 0 saturated carbocycles. The Morgan fingerprint density at radius 1 is 1.00 bits per heavy atom. The van der Waals surface area contributed by atoms with Crippen molar-refractivity contribution in [3.8, 4) is 0 Å². The van der Waals surface area contributed by atoms with Gasteiger partial charge in [-0.1, -0.05) is 51.1 Å². The summed E-state index contributed by atoms with van der Waals surface area (Å²) in [6, 6.07) is 10.5. The smallest absolute Gasteiger partial charge is 0 e. The van der Waals surface area contributed by atoms with E-state index in [9.17, 15) is 0 Å². The van der Waals surface area contributed by atoms with Crippen molar-refractivity contribution in [2.75, 3.05) is 6.26 Å². The van der Waals surface area contributed by atoms with Gasteiger partial charge in [0.2, 0.25) is 0 Å². The van der Waals surface area contributed by atoms with Gasteiger partial charge in [0.25, 0.3) is 0 Å². The Hall–Kier alpha value is 0.258. The van der Waals surface area contributed by atoms with E-state index in [4.69, 9.17) is 0 Å². The molecule has 1 aromatic carbocycles. The topological polar surface area (TPSA) is 0 Å². The zero-order valence-corrected chi connectivity index (χ0v) is 12.7. The van der Waals surface area contributed by atoms with Crippen molar-refractivity contribution < 1.29 is 21.1 Å². The molecule has 0 radical (unpaired) electrons. The first-order valence-electron chi connectivity index (χ1n) is 4.38. The molecule has 0 aliphatic carbocycles. The Kier molecular flexibility index (Phi) is 26.4. The molecular formula is C11H19SW-. The second kappa shape index (κ2) is 18.1. The Morgan fingerprint density at radius 2 is 1.38 bits per heavy atom. The maximum absolute atomic E-state index is 4.08. The van der Waals surface area contributed by atoms with Gasteiger partial charge in [0.15, 0.2) is 0 Å². The number of benzene rings is 1. The molecule has 1 aromatic rings. The third kappa shape index (κ3) is 12.3. The summed E-state index contributed by atoms with van der Waals surface area (Å²) in [5.41, 5.74) is 1.41. The van der Waals surface area contributed by atoms with Crippen LogP contribution in [0.15, 0.2) is 30.3 Å². The first-order valence-corrected chi connectivity index (χ1v) is 5.20. The normalized spacial score (nSPS) is 6.54. The van der Waals surface area contributed by atoms with Crippen molar-refractivity contribution in [1.82, 2.24) is 0 Å². The molecule has 0 fully saturated rings. The molecule has 13 heavy (non-hydrogen) atoms. The first kappa shape index (κ1) is 18.9. The number of aryl methyl sites for hydroxylation is 1. The van der Waals surface area contributed by atoms with Gasteiger partial charge in [0.05, 0.1) is 0 Å². The predicted molar refractivity (Wildman–Crippen MR) is 60.5 cm³/mol. The van der Waals surface area contributed by atoms with E-state index in [1.807, 2.05) is 19.9 Å². The first-order chi connectivity index (χ1) is 5.93. The molecule has 0 atom stereocenters. The summed E-state index contributed by atoms with van der Waals surface area (Å²) in [5, 5.41) is 0. The summed E-state index contributed by atoms with van der Waals surface area (Å²) in [4.78, 5) is 0. The van der Waals surface area contributed by atoms with Gasteiger partial charge < -0.3 is 12.6 Å². The molecule has 0 aliphatic heterocycles. The second-order valence-corrected chi connectivity index (χ2v) is 1.84. The summed E-state index contributed by atoms with van der Waals surface area (Å²) >= 11 is 4.08. The quantitative estimate of drug-likeness (QED) is 0.686. The molecule has 0 bridgehead atoms. The van der Waals surface area contributed by atoms with E-state index >= 15 is 0 Å². The molecular weight excluding hydrogens is 348 g/mol. The molecule has 0 unspecified atom stereocenters. The van der Waals surface area contributed by atoms with Gasteiger partial charge in [0.1, 0.15) is 0 Å². The van der Waals surface area contributed by atoms with Gasteiger partial charge in [-0.15, -0.1) is 0 Å². The molecule has 0 spiro atoms. The SMILES string of the molecule is CC.CCc1ccccc1.C[S-].[W]. The third-order valence-corrected chi connectivity index (χ3v) is 1.25. The van der Waals surface area contributed by atoms with E-state index in [1.54, 1.807) is 6.26 Å². The van der Waals surface area contributed by atoms with Crippen LogP contribution in [0.25, 0.3) is 0 Å². The molecule has 0 saturated heterocycles. The minimum atomic E-state index is 0. The van der Waals surface area contributed by atoms with Crippen LogP contribution in [0.3, 0.4) is 0 Å². The van der Waals surface area contributed by atoms with E-state index in [-0.39, 0.29) is 21.1 Å². The molecule has 0 N–H and O–H groups in total. The minimum absolute atomic E-state index is 0. The minimum Gasteiger partial charge on any atom is -0.796 e. The van der Waals surface area contributed by atoms with Crippen molar-refractivity contribution in [3.05, 3.63) is 35.9 Å².